The van der Waals surface area contributed by atoms with Gasteiger partial charge in [0.15, 0.2) is 0 Å². The zero-order valence-corrected chi connectivity index (χ0v) is 14.9. The van der Waals surface area contributed by atoms with Crippen LogP contribution in [0.25, 0.3) is 0 Å². The number of aryl methyl sites for hydroxylation is 1. The van der Waals surface area contributed by atoms with E-state index < -0.39 is 22.0 Å². The third-order valence-electron chi connectivity index (χ3n) is 2.93. The van der Waals surface area contributed by atoms with E-state index in [1.807, 2.05) is 13.8 Å². The van der Waals surface area contributed by atoms with E-state index in [-0.39, 0.29) is 10.8 Å². The van der Waals surface area contributed by atoms with E-state index >= 15 is 0 Å². The zero-order valence-electron chi connectivity index (χ0n) is 12.5. The minimum Gasteiger partial charge on any atom is -0.468 e. The van der Waals surface area contributed by atoms with Gasteiger partial charge in [0.2, 0.25) is 10.0 Å². The molecule has 1 atom stereocenters. The molecule has 1 aromatic rings. The Morgan fingerprint density at radius 1 is 1.38 bits per heavy atom. The highest BCUT2D eigenvalue weighted by Crippen LogP contribution is 2.20. The summed E-state index contributed by atoms with van der Waals surface area (Å²) in [5, 5.41) is 0. The van der Waals surface area contributed by atoms with Crippen molar-refractivity contribution in [3.63, 3.8) is 0 Å². The molecule has 5 nitrogen and oxygen atoms in total. The lowest BCUT2D eigenvalue weighted by molar-refractivity contribution is -0.143. The monoisotopic (exact) mass is 377 g/mol. The first-order chi connectivity index (χ1) is 9.67. The molecule has 0 aliphatic rings. The molecule has 0 saturated carbocycles. The van der Waals surface area contributed by atoms with Gasteiger partial charge in [0.05, 0.1) is 12.0 Å². The first-order valence-electron chi connectivity index (χ1n) is 6.53. The van der Waals surface area contributed by atoms with Crippen molar-refractivity contribution < 1.29 is 17.9 Å². The van der Waals surface area contributed by atoms with E-state index in [1.165, 1.54) is 13.2 Å². The van der Waals surface area contributed by atoms with E-state index in [1.54, 1.807) is 19.1 Å². The highest BCUT2D eigenvalue weighted by molar-refractivity contribution is 9.10. The second-order valence-corrected chi connectivity index (χ2v) is 7.81. The van der Waals surface area contributed by atoms with Crippen molar-refractivity contribution in [2.24, 2.45) is 5.92 Å². The molecule has 0 saturated heterocycles. The fraction of sp³-hybridized carbons (Fsp3) is 0.500. The Bertz CT molecular complexity index is 613. The number of hydrogen-bond donors (Lipinski definition) is 1. The molecule has 0 aliphatic carbocycles. The number of benzene rings is 1. The Morgan fingerprint density at radius 2 is 2.00 bits per heavy atom. The van der Waals surface area contributed by atoms with Crippen molar-refractivity contribution >= 4 is 31.9 Å². The van der Waals surface area contributed by atoms with Crippen LogP contribution in [0.5, 0.6) is 0 Å². The van der Waals surface area contributed by atoms with Gasteiger partial charge in [-0.3, -0.25) is 4.79 Å². The molecule has 7 heteroatoms. The molecule has 1 rings (SSSR count). The van der Waals surface area contributed by atoms with Gasteiger partial charge in [-0.15, -0.1) is 0 Å². The zero-order chi connectivity index (χ0) is 16.2. The smallest absolute Gasteiger partial charge is 0.323 e. The number of carbonyl (C=O) groups is 1. The Hall–Kier alpha value is -0.920. The SMILES string of the molecule is COC(=O)[C@H](CC(C)C)NS(=O)(=O)c1ccc(Br)c(C)c1. The highest BCUT2D eigenvalue weighted by Gasteiger charge is 2.27. The van der Waals surface area contributed by atoms with Crippen LogP contribution >= 0.6 is 15.9 Å². The number of methoxy groups -OCH3 is 1. The van der Waals surface area contributed by atoms with Crippen molar-refractivity contribution in [3.8, 4) is 0 Å². The molecule has 0 fully saturated rings. The number of sulfonamides is 1. The van der Waals surface area contributed by atoms with Crippen LogP contribution in [0.1, 0.15) is 25.8 Å². The van der Waals surface area contributed by atoms with Gasteiger partial charge < -0.3 is 4.74 Å². The fourth-order valence-corrected chi connectivity index (χ4v) is 3.37. The topological polar surface area (TPSA) is 72.5 Å². The molecule has 0 radical (unpaired) electrons. The summed E-state index contributed by atoms with van der Waals surface area (Å²) in [6, 6.07) is 3.82. The van der Waals surface area contributed by atoms with E-state index in [9.17, 15) is 13.2 Å². The quantitative estimate of drug-likeness (QED) is 0.773. The summed E-state index contributed by atoms with van der Waals surface area (Å²) in [5.41, 5.74) is 0.802. The molecule has 1 aromatic carbocycles. The summed E-state index contributed by atoms with van der Waals surface area (Å²) >= 11 is 3.32. The number of esters is 1. The second-order valence-electron chi connectivity index (χ2n) is 5.24. The molecule has 1 N–H and O–H groups in total. The molecule has 0 amide bonds. The molecule has 0 aliphatic heterocycles. The second kappa shape index (κ2) is 7.38. The maximum atomic E-state index is 12.4. The lowest BCUT2D eigenvalue weighted by Gasteiger charge is -2.18. The summed E-state index contributed by atoms with van der Waals surface area (Å²) in [5.74, 6) is -0.426. The van der Waals surface area contributed by atoms with Crippen LogP contribution in [0, 0.1) is 12.8 Å². The summed E-state index contributed by atoms with van der Waals surface area (Å²) in [6.45, 7) is 5.62. The molecule has 0 aromatic heterocycles. The molecule has 0 unspecified atom stereocenters. The predicted molar refractivity (Wildman–Crippen MR) is 84.5 cm³/mol. The summed E-state index contributed by atoms with van der Waals surface area (Å²) in [6.07, 6.45) is 0.376. The van der Waals surface area contributed by atoms with Crippen molar-refractivity contribution in [3.05, 3.63) is 28.2 Å². The minimum absolute atomic E-state index is 0.126. The standard InChI is InChI=1S/C14H20BrNO4S/c1-9(2)7-13(14(17)20-4)16-21(18,19)11-5-6-12(15)10(3)8-11/h5-6,8-9,13,16H,7H2,1-4H3/t13-/m0/s1. The molecule has 118 valence electrons. The van der Waals surface area contributed by atoms with Gasteiger partial charge in [-0.25, -0.2) is 8.42 Å². The van der Waals surface area contributed by atoms with Gasteiger partial charge in [0, 0.05) is 4.47 Å². The highest BCUT2D eigenvalue weighted by atomic mass is 79.9. The Kier molecular flexibility index (Phi) is 6.37. The molecular weight excluding hydrogens is 358 g/mol. The molecule has 0 bridgehead atoms. The van der Waals surface area contributed by atoms with Crippen molar-refractivity contribution in [2.45, 2.75) is 38.1 Å². The van der Waals surface area contributed by atoms with Crippen molar-refractivity contribution in [1.82, 2.24) is 4.72 Å². The Morgan fingerprint density at radius 3 is 2.48 bits per heavy atom. The average molecular weight is 378 g/mol. The van der Waals surface area contributed by atoms with Gasteiger partial charge in [0.25, 0.3) is 0 Å². The van der Waals surface area contributed by atoms with Crippen LogP contribution in [-0.2, 0) is 19.6 Å². The van der Waals surface area contributed by atoms with E-state index in [4.69, 9.17) is 0 Å². The summed E-state index contributed by atoms with van der Waals surface area (Å²) in [7, 11) is -2.53. The fourth-order valence-electron chi connectivity index (χ4n) is 1.85. The van der Waals surface area contributed by atoms with E-state index in [2.05, 4.69) is 25.4 Å². The first kappa shape index (κ1) is 18.1. The van der Waals surface area contributed by atoms with Crippen LogP contribution in [-0.4, -0.2) is 27.5 Å². The lowest BCUT2D eigenvalue weighted by atomic mass is 10.1. The number of carbonyl (C=O) groups excluding carboxylic acids is 1. The minimum atomic E-state index is -3.77. The Balaban J connectivity index is 3.05. The van der Waals surface area contributed by atoms with Crippen LogP contribution in [0.4, 0.5) is 0 Å². The number of ether oxygens (including phenoxy) is 1. The first-order valence-corrected chi connectivity index (χ1v) is 8.81. The molecule has 0 heterocycles. The average Bonchev–Trinajstić information content (AvgIpc) is 2.39. The third-order valence-corrected chi connectivity index (χ3v) is 5.29. The summed E-state index contributed by atoms with van der Waals surface area (Å²) < 4.78 is 32.7. The molecule has 0 spiro atoms. The van der Waals surface area contributed by atoms with Crippen LogP contribution in [0.2, 0.25) is 0 Å². The van der Waals surface area contributed by atoms with Gasteiger partial charge in [-0.1, -0.05) is 29.8 Å². The molecular formula is C14H20BrNO4S. The van der Waals surface area contributed by atoms with Crippen molar-refractivity contribution in [1.29, 1.82) is 0 Å². The van der Waals surface area contributed by atoms with Crippen LogP contribution in [0.15, 0.2) is 27.6 Å². The Labute approximate surface area is 134 Å². The van der Waals surface area contributed by atoms with Gasteiger partial charge in [0.1, 0.15) is 6.04 Å². The van der Waals surface area contributed by atoms with Gasteiger partial charge in [-0.2, -0.15) is 4.72 Å². The van der Waals surface area contributed by atoms with E-state index in [0.717, 1.165) is 10.0 Å². The maximum Gasteiger partial charge on any atom is 0.323 e. The number of hydrogen-bond acceptors (Lipinski definition) is 4. The third kappa shape index (κ3) is 5.09. The maximum absolute atomic E-state index is 12.4. The van der Waals surface area contributed by atoms with Gasteiger partial charge in [-0.05, 0) is 43.0 Å². The lowest BCUT2D eigenvalue weighted by Crippen LogP contribution is -2.42. The van der Waals surface area contributed by atoms with Crippen molar-refractivity contribution in [2.75, 3.05) is 7.11 Å². The van der Waals surface area contributed by atoms with Gasteiger partial charge >= 0.3 is 5.97 Å². The van der Waals surface area contributed by atoms with Crippen LogP contribution < -0.4 is 4.72 Å². The predicted octanol–water partition coefficient (Wildman–Crippen LogP) is 2.62. The summed E-state index contributed by atoms with van der Waals surface area (Å²) in [4.78, 5) is 11.8. The number of nitrogens with one attached hydrogen (secondary N) is 1. The van der Waals surface area contributed by atoms with Crippen LogP contribution in [0.3, 0.4) is 0 Å². The number of rotatable bonds is 6. The van der Waals surface area contributed by atoms with E-state index in [0.29, 0.717) is 6.42 Å². The normalized spacial score (nSPS) is 13.2. The molecule has 21 heavy (non-hydrogen) atoms. The number of halogens is 1. The largest absolute Gasteiger partial charge is 0.468 e.